The number of ether oxygens (including phenoxy) is 1. The van der Waals surface area contributed by atoms with Gasteiger partial charge in [0.25, 0.3) is 10.0 Å². The van der Waals surface area contributed by atoms with Gasteiger partial charge in [0.2, 0.25) is 5.91 Å². The van der Waals surface area contributed by atoms with Crippen molar-refractivity contribution < 1.29 is 22.7 Å². The van der Waals surface area contributed by atoms with Crippen molar-refractivity contribution in [3.63, 3.8) is 0 Å². The number of nitrogens with one attached hydrogen (secondary N) is 1. The molecule has 1 N–H and O–H groups in total. The van der Waals surface area contributed by atoms with E-state index >= 15 is 0 Å². The fourth-order valence-corrected chi connectivity index (χ4v) is 4.95. The molecular weight excluding hydrogens is 464 g/mol. The molecule has 9 heteroatoms. The third kappa shape index (κ3) is 5.71. The number of rotatable bonds is 8. The minimum absolute atomic E-state index is 0.0408. The van der Waals surface area contributed by atoms with Gasteiger partial charge < -0.3 is 10.1 Å². The highest BCUT2D eigenvalue weighted by molar-refractivity contribution is 7.92. The van der Waals surface area contributed by atoms with E-state index in [0.717, 1.165) is 4.31 Å². The lowest BCUT2D eigenvalue weighted by Crippen LogP contribution is -2.38. The van der Waals surface area contributed by atoms with E-state index in [1.165, 1.54) is 18.2 Å². The van der Waals surface area contributed by atoms with Crippen molar-refractivity contribution in [2.75, 3.05) is 22.8 Å². The third-order valence-electron chi connectivity index (χ3n) is 4.74. The Hall–Kier alpha value is -3.36. The molecule has 0 unspecified atom stereocenters. The summed E-state index contributed by atoms with van der Waals surface area (Å²) in [6, 6.07) is 18.9. The van der Waals surface area contributed by atoms with Gasteiger partial charge in [0, 0.05) is 5.02 Å². The summed E-state index contributed by atoms with van der Waals surface area (Å²) in [4.78, 5) is 25.2. The summed E-state index contributed by atoms with van der Waals surface area (Å²) in [7, 11) is -4.07. The van der Waals surface area contributed by atoms with Gasteiger partial charge in [-0.3, -0.25) is 9.10 Å². The second kappa shape index (κ2) is 10.5. The highest BCUT2D eigenvalue weighted by atomic mass is 35.5. The summed E-state index contributed by atoms with van der Waals surface area (Å²) < 4.78 is 33.0. The van der Waals surface area contributed by atoms with E-state index in [4.69, 9.17) is 16.3 Å². The number of para-hydroxylation sites is 1. The Morgan fingerprint density at radius 1 is 1.00 bits per heavy atom. The molecule has 0 radical (unpaired) electrons. The number of aryl methyl sites for hydroxylation is 1. The number of sulfonamides is 1. The van der Waals surface area contributed by atoms with Gasteiger partial charge in [-0.25, -0.2) is 13.2 Å². The number of carbonyl (C=O) groups is 2. The highest BCUT2D eigenvalue weighted by Crippen LogP contribution is 2.29. The fraction of sp³-hybridized carbons (Fsp3) is 0.167. The minimum atomic E-state index is -4.07. The molecule has 0 saturated carbocycles. The van der Waals surface area contributed by atoms with Crippen LogP contribution < -0.4 is 9.62 Å². The first-order valence-corrected chi connectivity index (χ1v) is 12.0. The van der Waals surface area contributed by atoms with Gasteiger partial charge in [-0.05, 0) is 61.9 Å². The Morgan fingerprint density at radius 3 is 2.33 bits per heavy atom. The van der Waals surface area contributed by atoms with Gasteiger partial charge in [0.15, 0.2) is 0 Å². The van der Waals surface area contributed by atoms with E-state index < -0.39 is 28.4 Å². The number of halogens is 1. The largest absolute Gasteiger partial charge is 0.462 e. The molecule has 0 aliphatic heterocycles. The Labute approximate surface area is 198 Å². The van der Waals surface area contributed by atoms with Crippen LogP contribution in [0.3, 0.4) is 0 Å². The van der Waals surface area contributed by atoms with E-state index in [2.05, 4.69) is 5.32 Å². The molecule has 0 aliphatic rings. The lowest BCUT2D eigenvalue weighted by molar-refractivity contribution is -0.114. The zero-order chi connectivity index (χ0) is 24.0. The zero-order valence-electron chi connectivity index (χ0n) is 18.1. The maximum absolute atomic E-state index is 13.5. The van der Waals surface area contributed by atoms with Crippen molar-refractivity contribution in [2.24, 2.45) is 0 Å². The van der Waals surface area contributed by atoms with Crippen LogP contribution in [-0.2, 0) is 19.6 Å². The van der Waals surface area contributed by atoms with Crippen LogP contribution in [0, 0.1) is 6.92 Å². The molecule has 0 atom stereocenters. The van der Waals surface area contributed by atoms with Gasteiger partial charge >= 0.3 is 5.97 Å². The number of anilines is 2. The van der Waals surface area contributed by atoms with Crippen molar-refractivity contribution in [2.45, 2.75) is 18.7 Å². The molecule has 0 aliphatic carbocycles. The fourth-order valence-electron chi connectivity index (χ4n) is 3.22. The maximum atomic E-state index is 13.5. The average molecular weight is 487 g/mol. The van der Waals surface area contributed by atoms with Crippen LogP contribution in [0.25, 0.3) is 0 Å². The minimum Gasteiger partial charge on any atom is -0.462 e. The first kappa shape index (κ1) is 24.3. The van der Waals surface area contributed by atoms with E-state index in [1.807, 2.05) is 0 Å². The molecule has 0 fully saturated rings. The summed E-state index contributed by atoms with van der Waals surface area (Å²) in [6.45, 7) is 3.06. The molecule has 1 amide bonds. The molecule has 0 saturated heterocycles. The molecule has 0 heterocycles. The van der Waals surface area contributed by atoms with Crippen LogP contribution in [0.15, 0.2) is 77.7 Å². The quantitative estimate of drug-likeness (QED) is 0.467. The summed E-state index contributed by atoms with van der Waals surface area (Å²) in [5.74, 6) is -1.21. The molecule has 0 aromatic heterocycles. The predicted molar refractivity (Wildman–Crippen MR) is 128 cm³/mol. The lowest BCUT2D eigenvalue weighted by atomic mass is 10.1. The van der Waals surface area contributed by atoms with Crippen molar-refractivity contribution >= 4 is 44.9 Å². The standard InChI is InChI=1S/C24H23ClN2O5S/c1-3-32-24(29)20-11-7-8-12-21(20)26-23(28)16-27(22-14-13-18(25)15-17(22)2)33(30,31)19-9-5-4-6-10-19/h4-15H,3,16H2,1-2H3,(H,26,28). The molecule has 3 aromatic carbocycles. The first-order valence-electron chi connectivity index (χ1n) is 10.1. The van der Waals surface area contributed by atoms with E-state index in [0.29, 0.717) is 16.3 Å². The van der Waals surface area contributed by atoms with Crippen molar-refractivity contribution in [1.29, 1.82) is 0 Å². The number of carbonyl (C=O) groups excluding carboxylic acids is 2. The molecule has 7 nitrogen and oxygen atoms in total. The molecule has 0 bridgehead atoms. The Balaban J connectivity index is 1.97. The first-order chi connectivity index (χ1) is 15.7. The van der Waals surface area contributed by atoms with Gasteiger partial charge in [0.05, 0.1) is 28.4 Å². The summed E-state index contributed by atoms with van der Waals surface area (Å²) >= 11 is 6.05. The van der Waals surface area contributed by atoms with Gasteiger partial charge in [-0.1, -0.05) is 41.9 Å². The third-order valence-corrected chi connectivity index (χ3v) is 6.75. The maximum Gasteiger partial charge on any atom is 0.340 e. The Kier molecular flexibility index (Phi) is 7.73. The number of nitrogens with zero attached hydrogens (tertiary/aromatic N) is 1. The second-order valence-corrected chi connectivity index (χ2v) is 9.37. The molecule has 33 heavy (non-hydrogen) atoms. The predicted octanol–water partition coefficient (Wildman–Crippen LogP) is 4.66. The Morgan fingerprint density at radius 2 is 1.67 bits per heavy atom. The topological polar surface area (TPSA) is 92.8 Å². The van der Waals surface area contributed by atoms with Crippen LogP contribution in [0.4, 0.5) is 11.4 Å². The zero-order valence-corrected chi connectivity index (χ0v) is 19.7. The molecule has 0 spiro atoms. The van der Waals surface area contributed by atoms with Gasteiger partial charge in [-0.15, -0.1) is 0 Å². The van der Waals surface area contributed by atoms with Crippen molar-refractivity contribution in [3.05, 3.63) is 88.9 Å². The molecule has 3 rings (SSSR count). The lowest BCUT2D eigenvalue weighted by Gasteiger charge is -2.26. The van der Waals surface area contributed by atoms with E-state index in [-0.39, 0.29) is 22.8 Å². The molecular formula is C24H23ClN2O5S. The van der Waals surface area contributed by atoms with Gasteiger partial charge in [0.1, 0.15) is 6.54 Å². The number of amides is 1. The number of hydrogen-bond donors (Lipinski definition) is 1. The smallest absolute Gasteiger partial charge is 0.340 e. The van der Waals surface area contributed by atoms with Crippen LogP contribution in [0.1, 0.15) is 22.8 Å². The van der Waals surface area contributed by atoms with Crippen LogP contribution >= 0.6 is 11.6 Å². The SMILES string of the molecule is CCOC(=O)c1ccccc1NC(=O)CN(c1ccc(Cl)cc1C)S(=O)(=O)c1ccccc1. The van der Waals surface area contributed by atoms with Crippen LogP contribution in [0.2, 0.25) is 5.02 Å². The van der Waals surface area contributed by atoms with Crippen molar-refractivity contribution in [3.8, 4) is 0 Å². The normalized spacial score (nSPS) is 11.0. The van der Waals surface area contributed by atoms with Crippen molar-refractivity contribution in [1.82, 2.24) is 0 Å². The highest BCUT2D eigenvalue weighted by Gasteiger charge is 2.28. The van der Waals surface area contributed by atoms with Gasteiger partial charge in [-0.2, -0.15) is 0 Å². The van der Waals surface area contributed by atoms with E-state index in [9.17, 15) is 18.0 Å². The Bertz CT molecular complexity index is 1260. The molecule has 172 valence electrons. The average Bonchev–Trinajstić information content (AvgIpc) is 2.79. The molecule has 3 aromatic rings. The summed E-state index contributed by atoms with van der Waals surface area (Å²) in [5, 5.41) is 3.08. The van der Waals surface area contributed by atoms with E-state index in [1.54, 1.807) is 68.4 Å². The summed E-state index contributed by atoms with van der Waals surface area (Å²) in [6.07, 6.45) is 0. The van der Waals surface area contributed by atoms with Crippen LogP contribution in [0.5, 0.6) is 0 Å². The second-order valence-electron chi connectivity index (χ2n) is 7.07. The number of esters is 1. The summed E-state index contributed by atoms with van der Waals surface area (Å²) in [5.41, 5.74) is 1.30. The number of hydrogen-bond acceptors (Lipinski definition) is 5. The number of benzene rings is 3. The monoisotopic (exact) mass is 486 g/mol. The van der Waals surface area contributed by atoms with Crippen LogP contribution in [-0.4, -0.2) is 33.4 Å².